The van der Waals surface area contributed by atoms with E-state index >= 15 is 0 Å². The lowest BCUT2D eigenvalue weighted by molar-refractivity contribution is -0.900. The van der Waals surface area contributed by atoms with Gasteiger partial charge in [0, 0.05) is 0 Å². The zero-order valence-electron chi connectivity index (χ0n) is 20.7. The molecule has 0 spiro atoms. The largest absolute Gasteiger partial charge is 0.547 e. The van der Waals surface area contributed by atoms with Crippen molar-refractivity contribution in [2.75, 3.05) is 19.6 Å². The molecule has 35 heavy (non-hydrogen) atoms. The molecule has 1 aliphatic rings. The standard InChI is InChI=1S/C12H27N.C11H12N4O7/c1-4-7-10-13(11-8-5-2)12-9-6-3;16-4-5(17)10(22-7(4)6(18)11(20)21)15-2-14-3-8(15)12-1-13-9(3)19/h4-12H2,1-3H3;1-2,4-7,10,16-18H,(H,20,21)(H,12,13,19)/t;4-,5+,6?,7-,10+/m.0/s1. The summed E-state index contributed by atoms with van der Waals surface area (Å²) in [7, 11) is 0. The number of carbonyl (C=O) groups is 1. The number of carboxylic acid groups (broad SMARTS) is 1. The fraction of sp³-hybridized carbons (Fsp3) is 0.739. The van der Waals surface area contributed by atoms with Crippen LogP contribution >= 0.6 is 0 Å². The van der Waals surface area contributed by atoms with Crippen LogP contribution in [0.5, 0.6) is 0 Å². The van der Waals surface area contributed by atoms with Crippen molar-refractivity contribution in [1.29, 1.82) is 0 Å². The molecule has 0 saturated carbocycles. The van der Waals surface area contributed by atoms with Crippen LogP contribution in [0, 0.1) is 0 Å². The molecule has 5 N–H and O–H groups in total. The van der Waals surface area contributed by atoms with Crippen molar-refractivity contribution in [3.63, 3.8) is 0 Å². The minimum Gasteiger partial charge on any atom is -0.547 e. The van der Waals surface area contributed by atoms with Crippen LogP contribution in [0.2, 0.25) is 0 Å². The van der Waals surface area contributed by atoms with Crippen LogP contribution in [0.25, 0.3) is 11.2 Å². The van der Waals surface area contributed by atoms with E-state index in [0.29, 0.717) is 0 Å². The van der Waals surface area contributed by atoms with E-state index in [-0.39, 0.29) is 11.2 Å². The van der Waals surface area contributed by atoms with E-state index in [0.717, 1.165) is 12.7 Å². The number of carbonyl (C=O) groups excluding carboxylic acids is 1. The number of aliphatic hydroxyl groups excluding tert-OH is 3. The number of carboxylic acids is 1. The number of aromatic nitrogens is 4. The lowest BCUT2D eigenvalue weighted by atomic mass is 10.1. The third-order valence-electron chi connectivity index (χ3n) is 6.12. The van der Waals surface area contributed by atoms with Crippen LogP contribution in [0.4, 0.5) is 0 Å². The molecule has 198 valence electrons. The molecule has 3 rings (SSSR count). The van der Waals surface area contributed by atoms with Crippen molar-refractivity contribution in [1.82, 2.24) is 19.5 Å². The molecule has 12 nitrogen and oxygen atoms in total. The van der Waals surface area contributed by atoms with Gasteiger partial charge in [-0.05, 0) is 19.3 Å². The van der Waals surface area contributed by atoms with Crippen LogP contribution in [0.15, 0.2) is 17.4 Å². The number of aromatic amines is 1. The number of H-pyrrole nitrogens is 1. The zero-order chi connectivity index (χ0) is 26.0. The Morgan fingerprint density at radius 2 is 1.69 bits per heavy atom. The number of aliphatic hydroxyl groups is 3. The number of nitrogens with zero attached hydrogens (tertiary/aromatic N) is 3. The quantitative estimate of drug-likeness (QED) is 0.224. The lowest BCUT2D eigenvalue weighted by Gasteiger charge is -2.21. The summed E-state index contributed by atoms with van der Waals surface area (Å²) in [5.74, 6) is -1.85. The van der Waals surface area contributed by atoms with E-state index in [9.17, 15) is 30.0 Å². The van der Waals surface area contributed by atoms with Gasteiger partial charge in [0.25, 0.3) is 5.56 Å². The number of hydrogen-bond acceptors (Lipinski definition) is 9. The van der Waals surface area contributed by atoms with Crippen molar-refractivity contribution in [2.24, 2.45) is 0 Å². The second kappa shape index (κ2) is 14.2. The molecule has 5 atom stereocenters. The summed E-state index contributed by atoms with van der Waals surface area (Å²) in [6, 6.07) is 0. The van der Waals surface area contributed by atoms with Gasteiger partial charge in [0.15, 0.2) is 17.4 Å². The van der Waals surface area contributed by atoms with E-state index in [2.05, 4.69) is 35.7 Å². The Labute approximate surface area is 204 Å². The number of rotatable bonds is 12. The smallest absolute Gasteiger partial charge is 0.278 e. The van der Waals surface area contributed by atoms with Gasteiger partial charge in [0.05, 0.1) is 38.3 Å². The number of hydrogen-bond donors (Lipinski definition) is 5. The minimum absolute atomic E-state index is 0.0170. The highest BCUT2D eigenvalue weighted by Crippen LogP contribution is 2.32. The highest BCUT2D eigenvalue weighted by molar-refractivity contribution is 5.71. The first-order chi connectivity index (χ1) is 16.8. The third kappa shape index (κ3) is 7.55. The molecule has 1 unspecified atom stereocenters. The second-order valence-electron chi connectivity index (χ2n) is 8.85. The average molecular weight is 498 g/mol. The number of quaternary nitrogens is 1. The van der Waals surface area contributed by atoms with E-state index in [4.69, 9.17) is 4.74 Å². The molecular formula is C23H39N5O7. The summed E-state index contributed by atoms with van der Waals surface area (Å²) in [6.45, 7) is 11.1. The number of aliphatic carboxylic acids is 1. The number of fused-ring (bicyclic) bond motifs is 1. The Bertz CT molecular complexity index is 946. The Balaban J connectivity index is 0.000000287. The van der Waals surface area contributed by atoms with Gasteiger partial charge < -0.3 is 39.8 Å². The van der Waals surface area contributed by atoms with Gasteiger partial charge in [-0.15, -0.1) is 0 Å². The summed E-state index contributed by atoms with van der Waals surface area (Å²) < 4.78 is 6.37. The van der Waals surface area contributed by atoms with E-state index in [1.165, 1.54) is 62.7 Å². The molecule has 3 heterocycles. The highest BCUT2D eigenvalue weighted by Gasteiger charge is 2.47. The normalized spacial score (nSPS) is 22.8. The average Bonchev–Trinajstić information content (AvgIpc) is 3.40. The molecule has 0 aromatic carbocycles. The molecule has 0 bridgehead atoms. The number of ether oxygens (including phenoxy) is 1. The SMILES string of the molecule is CCCC[NH+](CCCC)CCCC.O=C([O-])C(O)[C@H]1O[C@@H](n2cnc3c(=O)[nH]cnc32)[C@H](O)[C@@H]1O. The van der Waals surface area contributed by atoms with Gasteiger partial charge in [-0.3, -0.25) is 9.36 Å². The first-order valence-electron chi connectivity index (χ1n) is 12.4. The Kier molecular flexibility index (Phi) is 11.7. The fourth-order valence-corrected chi connectivity index (χ4v) is 4.02. The Morgan fingerprint density at radius 1 is 1.11 bits per heavy atom. The maximum absolute atomic E-state index is 11.6. The van der Waals surface area contributed by atoms with Crippen LogP contribution in [-0.4, -0.2) is 84.9 Å². The molecule has 2 aromatic rings. The van der Waals surface area contributed by atoms with Gasteiger partial charge in [-0.2, -0.15) is 0 Å². The number of unbranched alkanes of at least 4 members (excludes halogenated alkanes) is 3. The van der Waals surface area contributed by atoms with Crippen LogP contribution < -0.4 is 15.6 Å². The second-order valence-corrected chi connectivity index (χ2v) is 8.85. The molecule has 1 saturated heterocycles. The molecule has 1 aliphatic heterocycles. The van der Waals surface area contributed by atoms with Gasteiger partial charge >= 0.3 is 0 Å². The number of imidazole rings is 1. The summed E-state index contributed by atoms with van der Waals surface area (Å²) in [5, 5.41) is 39.9. The summed E-state index contributed by atoms with van der Waals surface area (Å²) >= 11 is 0. The van der Waals surface area contributed by atoms with Gasteiger partial charge in [-0.25, -0.2) is 9.97 Å². The van der Waals surface area contributed by atoms with Crippen LogP contribution in [0.3, 0.4) is 0 Å². The molecular weight excluding hydrogens is 458 g/mol. The predicted molar refractivity (Wildman–Crippen MR) is 125 cm³/mol. The number of nitrogens with one attached hydrogen (secondary N) is 2. The van der Waals surface area contributed by atoms with Crippen molar-refractivity contribution < 1.29 is 34.9 Å². The van der Waals surface area contributed by atoms with E-state index in [1.54, 1.807) is 0 Å². The van der Waals surface area contributed by atoms with Gasteiger partial charge in [0.2, 0.25) is 0 Å². The predicted octanol–water partition coefficient (Wildman–Crippen LogP) is -1.88. The zero-order valence-corrected chi connectivity index (χ0v) is 20.7. The van der Waals surface area contributed by atoms with Crippen LogP contribution in [0.1, 0.15) is 65.5 Å². The maximum atomic E-state index is 11.6. The van der Waals surface area contributed by atoms with Gasteiger partial charge in [-0.1, -0.05) is 40.0 Å². The molecule has 2 aromatic heterocycles. The van der Waals surface area contributed by atoms with Crippen molar-refractivity contribution >= 4 is 17.1 Å². The minimum atomic E-state index is -2.12. The Morgan fingerprint density at radius 3 is 2.20 bits per heavy atom. The van der Waals surface area contributed by atoms with Crippen molar-refractivity contribution in [2.45, 2.75) is 89.9 Å². The Hall–Kier alpha value is -2.38. The van der Waals surface area contributed by atoms with Gasteiger partial charge in [0.1, 0.15) is 24.4 Å². The lowest BCUT2D eigenvalue weighted by Crippen LogP contribution is -3.12. The molecule has 1 fully saturated rings. The molecule has 0 aliphatic carbocycles. The van der Waals surface area contributed by atoms with Crippen LogP contribution in [-0.2, 0) is 9.53 Å². The van der Waals surface area contributed by atoms with Crippen molar-refractivity contribution in [3.8, 4) is 0 Å². The van der Waals surface area contributed by atoms with Crippen molar-refractivity contribution in [3.05, 3.63) is 23.0 Å². The molecule has 12 heteroatoms. The highest BCUT2D eigenvalue weighted by atomic mass is 16.6. The fourth-order valence-electron chi connectivity index (χ4n) is 4.02. The summed E-state index contributed by atoms with van der Waals surface area (Å²) in [4.78, 5) is 34.1. The monoisotopic (exact) mass is 497 g/mol. The first kappa shape index (κ1) is 28.9. The van der Waals surface area contributed by atoms with E-state index < -0.39 is 42.2 Å². The first-order valence-corrected chi connectivity index (χ1v) is 12.4. The third-order valence-corrected chi connectivity index (χ3v) is 6.12. The summed E-state index contributed by atoms with van der Waals surface area (Å²) in [5.41, 5.74) is -0.455. The van der Waals surface area contributed by atoms with E-state index in [1.807, 2.05) is 4.90 Å². The summed E-state index contributed by atoms with van der Waals surface area (Å²) in [6.07, 6.45) is 2.32. The maximum Gasteiger partial charge on any atom is 0.278 e. The molecule has 0 radical (unpaired) electrons. The molecule has 0 amide bonds. The topological polar surface area (TPSA) is 178 Å².